The number of guanidine groups is 1. The fraction of sp³-hybridized carbons (Fsp3) is 0.280. The van der Waals surface area contributed by atoms with Crippen LogP contribution in [0.1, 0.15) is 48.4 Å². The molecule has 0 saturated carbocycles. The fourth-order valence-corrected chi connectivity index (χ4v) is 4.33. The molecule has 0 radical (unpaired) electrons. The number of likely N-dealkylation sites (tertiary alicyclic amines) is 1. The lowest BCUT2D eigenvalue weighted by atomic mass is 10.0. The average molecular weight is 473 g/mol. The van der Waals surface area contributed by atoms with Gasteiger partial charge in [0.15, 0.2) is 0 Å². The lowest BCUT2D eigenvalue weighted by Gasteiger charge is -2.34. The number of nitrogens with one attached hydrogen (secondary N) is 1. The number of nitrogen functional groups attached to an aromatic ring is 1. The summed E-state index contributed by atoms with van der Waals surface area (Å²) in [5.41, 5.74) is 8.80. The number of anilines is 1. The molecular weight excluding hydrogens is 444 g/mol. The summed E-state index contributed by atoms with van der Waals surface area (Å²) in [7, 11) is 1.56. The van der Waals surface area contributed by atoms with Crippen LogP contribution in [0, 0.1) is 0 Å². The molecule has 0 unspecified atom stereocenters. The number of nitrogens with two attached hydrogens (primary N) is 1. The van der Waals surface area contributed by atoms with Crippen molar-refractivity contribution in [3.8, 4) is 11.3 Å². The third-order valence-corrected chi connectivity index (χ3v) is 5.98. The van der Waals surface area contributed by atoms with E-state index in [9.17, 15) is 9.59 Å². The van der Waals surface area contributed by atoms with Gasteiger partial charge in [-0.1, -0.05) is 18.7 Å². The number of hydrogen-bond donors (Lipinski definition) is 2. The van der Waals surface area contributed by atoms with Crippen molar-refractivity contribution in [2.24, 2.45) is 9.98 Å². The van der Waals surface area contributed by atoms with Crippen LogP contribution in [0.4, 0.5) is 5.82 Å². The highest BCUT2D eigenvalue weighted by Crippen LogP contribution is 2.35. The van der Waals surface area contributed by atoms with Crippen LogP contribution >= 0.6 is 0 Å². The zero-order valence-electron chi connectivity index (χ0n) is 19.8. The van der Waals surface area contributed by atoms with Gasteiger partial charge in [0, 0.05) is 43.3 Å². The van der Waals surface area contributed by atoms with Gasteiger partial charge in [-0.2, -0.15) is 0 Å². The average Bonchev–Trinajstić information content (AvgIpc) is 3.29. The van der Waals surface area contributed by atoms with Crippen molar-refractivity contribution in [1.82, 2.24) is 24.6 Å². The Morgan fingerprint density at radius 3 is 2.71 bits per heavy atom. The molecule has 0 bridgehead atoms. The van der Waals surface area contributed by atoms with Crippen molar-refractivity contribution in [2.45, 2.75) is 32.2 Å². The molecule has 0 aliphatic carbocycles. The summed E-state index contributed by atoms with van der Waals surface area (Å²) in [6, 6.07) is 6.84. The Hall–Kier alpha value is -4.34. The third kappa shape index (κ3) is 4.68. The molecule has 10 heteroatoms. The number of amides is 2. The van der Waals surface area contributed by atoms with E-state index >= 15 is 0 Å². The number of benzene rings is 1. The number of aromatic nitrogens is 3. The van der Waals surface area contributed by atoms with E-state index in [4.69, 9.17) is 10.7 Å². The summed E-state index contributed by atoms with van der Waals surface area (Å²) in [4.78, 5) is 44.1. The zero-order chi connectivity index (χ0) is 24.9. The molecule has 0 spiro atoms. The number of hydrogen-bond acceptors (Lipinski definition) is 6. The number of aliphatic imine (C=N–C) groups is 2. The van der Waals surface area contributed by atoms with Gasteiger partial charge in [0.05, 0.1) is 6.04 Å². The van der Waals surface area contributed by atoms with Crippen molar-refractivity contribution < 1.29 is 9.59 Å². The minimum atomic E-state index is -0.319. The summed E-state index contributed by atoms with van der Waals surface area (Å²) in [5, 5.41) is 2.67. The third-order valence-electron chi connectivity index (χ3n) is 5.98. The second kappa shape index (κ2) is 10.3. The first-order valence-electron chi connectivity index (χ1n) is 11.4. The lowest BCUT2D eigenvalue weighted by molar-refractivity contribution is -0.129. The van der Waals surface area contributed by atoms with Crippen molar-refractivity contribution in [2.75, 3.05) is 19.3 Å². The van der Waals surface area contributed by atoms with Crippen LogP contribution in [-0.4, -0.2) is 56.8 Å². The predicted octanol–water partition coefficient (Wildman–Crippen LogP) is 3.02. The normalized spacial score (nSPS) is 16.6. The summed E-state index contributed by atoms with van der Waals surface area (Å²) >= 11 is 0. The Kier molecular flexibility index (Phi) is 7.00. The first kappa shape index (κ1) is 23.8. The summed E-state index contributed by atoms with van der Waals surface area (Å²) in [6.07, 6.45) is 9.06. The predicted molar refractivity (Wildman–Crippen MR) is 136 cm³/mol. The van der Waals surface area contributed by atoms with E-state index in [0.29, 0.717) is 29.1 Å². The second-order valence-electron chi connectivity index (χ2n) is 8.06. The molecule has 3 heterocycles. The fourth-order valence-electron chi connectivity index (χ4n) is 4.33. The first-order chi connectivity index (χ1) is 17.0. The highest BCUT2D eigenvalue weighted by molar-refractivity contribution is 6.07. The van der Waals surface area contributed by atoms with E-state index in [2.05, 4.69) is 26.9 Å². The SMILES string of the molecule is C=CC(=O)N1CCCC[C@H]1c1nc(-c2ccc(C(=O)NC(N=CC)=NC)cc2)c2c(N)nccn12. The van der Waals surface area contributed by atoms with Crippen LogP contribution in [0.25, 0.3) is 16.8 Å². The van der Waals surface area contributed by atoms with Crippen LogP contribution in [-0.2, 0) is 4.79 Å². The topological polar surface area (TPSA) is 130 Å². The van der Waals surface area contributed by atoms with Gasteiger partial charge < -0.3 is 10.6 Å². The van der Waals surface area contributed by atoms with E-state index in [1.165, 1.54) is 6.08 Å². The van der Waals surface area contributed by atoms with Gasteiger partial charge in [0.1, 0.15) is 22.9 Å². The molecule has 3 N–H and O–H groups in total. The van der Waals surface area contributed by atoms with Gasteiger partial charge in [0.2, 0.25) is 11.9 Å². The quantitative estimate of drug-likeness (QED) is 0.342. The molecule has 35 heavy (non-hydrogen) atoms. The molecule has 180 valence electrons. The van der Waals surface area contributed by atoms with Gasteiger partial charge in [-0.25, -0.2) is 15.0 Å². The molecule has 1 aromatic carbocycles. The summed E-state index contributed by atoms with van der Waals surface area (Å²) < 4.78 is 1.91. The number of carbonyl (C=O) groups is 2. The summed E-state index contributed by atoms with van der Waals surface area (Å²) in [6.45, 7) is 6.05. The van der Waals surface area contributed by atoms with Crippen LogP contribution in [0.5, 0.6) is 0 Å². The number of carbonyl (C=O) groups excluding carboxylic acids is 2. The number of piperidine rings is 1. The van der Waals surface area contributed by atoms with E-state index in [0.717, 1.165) is 30.7 Å². The van der Waals surface area contributed by atoms with Gasteiger partial charge in [-0.3, -0.25) is 24.3 Å². The maximum absolute atomic E-state index is 12.6. The highest BCUT2D eigenvalue weighted by atomic mass is 16.2. The van der Waals surface area contributed by atoms with E-state index in [1.54, 1.807) is 38.5 Å². The van der Waals surface area contributed by atoms with E-state index in [-0.39, 0.29) is 23.8 Å². The zero-order valence-corrected chi connectivity index (χ0v) is 19.8. The van der Waals surface area contributed by atoms with Gasteiger partial charge in [0.25, 0.3) is 5.91 Å². The van der Waals surface area contributed by atoms with Gasteiger partial charge >= 0.3 is 0 Å². The van der Waals surface area contributed by atoms with Crippen LogP contribution in [0.2, 0.25) is 0 Å². The van der Waals surface area contributed by atoms with Gasteiger partial charge in [-0.05, 0) is 44.4 Å². The molecule has 10 nitrogen and oxygen atoms in total. The summed E-state index contributed by atoms with van der Waals surface area (Å²) in [5.74, 6) is 0.855. The standard InChI is InChI=1S/C25H28N8O2/c1-4-19(34)32-14-7-6-8-18(32)23-30-20(21-22(26)29-13-15-33(21)23)16-9-11-17(12-10-16)24(35)31-25(27-3)28-5-2/h4-5,9-13,15,18H,1,6-8,14H2,2-3H3,(H2,26,29)(H,27,31,35)/t18-/m0/s1. The molecule has 4 rings (SSSR count). The Labute approximate surface area is 203 Å². The number of nitrogens with zero attached hydrogens (tertiary/aromatic N) is 6. The Balaban J connectivity index is 1.73. The lowest BCUT2D eigenvalue weighted by Crippen LogP contribution is -2.38. The maximum atomic E-state index is 12.6. The largest absolute Gasteiger partial charge is 0.382 e. The number of rotatable bonds is 4. The smallest absolute Gasteiger partial charge is 0.258 e. The van der Waals surface area contributed by atoms with E-state index < -0.39 is 0 Å². The van der Waals surface area contributed by atoms with Crippen LogP contribution in [0.15, 0.2) is 59.3 Å². The molecule has 1 atom stereocenters. The van der Waals surface area contributed by atoms with E-state index in [1.807, 2.05) is 27.6 Å². The Bertz CT molecular complexity index is 1320. The monoisotopic (exact) mass is 472 g/mol. The number of imidazole rings is 1. The van der Waals surface area contributed by atoms with Crippen molar-refractivity contribution >= 4 is 35.3 Å². The molecule has 1 saturated heterocycles. The maximum Gasteiger partial charge on any atom is 0.258 e. The molecule has 2 aromatic heterocycles. The molecule has 2 amide bonds. The second-order valence-corrected chi connectivity index (χ2v) is 8.06. The molecule has 1 fully saturated rings. The molecule has 1 aliphatic heterocycles. The molecular formula is C25H28N8O2. The van der Waals surface area contributed by atoms with Crippen LogP contribution in [0.3, 0.4) is 0 Å². The molecule has 1 aliphatic rings. The minimum absolute atomic E-state index is 0.118. The Morgan fingerprint density at radius 2 is 2.03 bits per heavy atom. The van der Waals surface area contributed by atoms with Crippen LogP contribution < -0.4 is 11.1 Å². The minimum Gasteiger partial charge on any atom is -0.382 e. The number of fused-ring (bicyclic) bond motifs is 1. The van der Waals surface area contributed by atoms with Crippen molar-refractivity contribution in [1.29, 1.82) is 0 Å². The van der Waals surface area contributed by atoms with Crippen molar-refractivity contribution in [3.63, 3.8) is 0 Å². The van der Waals surface area contributed by atoms with Gasteiger partial charge in [-0.15, -0.1) is 0 Å². The van der Waals surface area contributed by atoms with Crippen molar-refractivity contribution in [3.05, 3.63) is 60.7 Å². The molecule has 3 aromatic rings. The highest BCUT2D eigenvalue weighted by Gasteiger charge is 2.31. The first-order valence-corrected chi connectivity index (χ1v) is 11.4. The Morgan fingerprint density at radius 1 is 1.26 bits per heavy atom.